The second-order valence-electron chi connectivity index (χ2n) is 7.61. The largest absolute Gasteiger partial charge is 0.355 e. The minimum atomic E-state index is -3.18. The maximum absolute atomic E-state index is 11.9. The van der Waals surface area contributed by atoms with Crippen molar-refractivity contribution in [2.45, 2.75) is 26.8 Å². The number of nitrogens with one attached hydrogen (secondary N) is 1. The van der Waals surface area contributed by atoms with E-state index in [9.17, 15) is 8.42 Å². The normalized spacial score (nSPS) is 14.4. The first-order valence-electron chi connectivity index (χ1n) is 9.69. The molecule has 6 heteroatoms. The predicted octanol–water partition coefficient (Wildman–Crippen LogP) is 4.43. The average Bonchev–Trinajstić information content (AvgIpc) is 2.68. The van der Waals surface area contributed by atoms with Crippen molar-refractivity contribution in [1.29, 1.82) is 0 Å². The molecule has 29 heavy (non-hydrogen) atoms. The molecule has 0 saturated carbocycles. The highest BCUT2D eigenvalue weighted by atomic mass is 32.2. The van der Waals surface area contributed by atoms with E-state index in [0.717, 1.165) is 33.9 Å². The lowest BCUT2D eigenvalue weighted by molar-refractivity contribution is 0.395. The highest BCUT2D eigenvalue weighted by Crippen LogP contribution is 2.31. The first-order valence-corrected chi connectivity index (χ1v) is 11.5. The van der Waals surface area contributed by atoms with Gasteiger partial charge in [-0.3, -0.25) is 4.98 Å². The highest BCUT2D eigenvalue weighted by Gasteiger charge is 2.24. The molecule has 3 aromatic rings. The van der Waals surface area contributed by atoms with Crippen LogP contribution >= 0.6 is 0 Å². The number of nitrogens with zero attached hydrogens (tertiary/aromatic N) is 2. The van der Waals surface area contributed by atoms with Gasteiger partial charge in [0, 0.05) is 35.7 Å². The monoisotopic (exact) mass is 407 g/mol. The Bertz CT molecular complexity index is 1170. The zero-order valence-corrected chi connectivity index (χ0v) is 17.8. The molecule has 4 rings (SSSR count). The van der Waals surface area contributed by atoms with Gasteiger partial charge in [-0.2, -0.15) is 4.31 Å². The predicted molar refractivity (Wildman–Crippen MR) is 118 cm³/mol. The van der Waals surface area contributed by atoms with Crippen LogP contribution in [0.2, 0.25) is 0 Å². The van der Waals surface area contributed by atoms with Crippen LogP contribution in [-0.4, -0.2) is 30.5 Å². The van der Waals surface area contributed by atoms with Gasteiger partial charge in [0.05, 0.1) is 11.9 Å². The molecule has 0 atom stereocenters. The number of benzene rings is 2. The second kappa shape index (κ2) is 7.61. The van der Waals surface area contributed by atoms with Crippen LogP contribution in [0.4, 0.5) is 11.4 Å². The third-order valence-electron chi connectivity index (χ3n) is 5.38. The molecule has 150 valence electrons. The van der Waals surface area contributed by atoms with Crippen molar-refractivity contribution in [1.82, 2.24) is 9.29 Å². The topological polar surface area (TPSA) is 62.3 Å². The minimum absolute atomic E-state index is 0.427. The summed E-state index contributed by atoms with van der Waals surface area (Å²) in [5.74, 6) is 0. The third kappa shape index (κ3) is 4.18. The maximum Gasteiger partial charge on any atom is 0.211 e. The summed E-state index contributed by atoms with van der Waals surface area (Å²) in [6, 6.07) is 18.4. The van der Waals surface area contributed by atoms with E-state index in [0.29, 0.717) is 19.5 Å². The maximum atomic E-state index is 11.9. The summed E-state index contributed by atoms with van der Waals surface area (Å²) in [5.41, 5.74) is 8.50. The Kier molecular flexibility index (Phi) is 5.15. The quantitative estimate of drug-likeness (QED) is 0.695. The van der Waals surface area contributed by atoms with E-state index >= 15 is 0 Å². The van der Waals surface area contributed by atoms with Crippen LogP contribution in [0.3, 0.4) is 0 Å². The summed E-state index contributed by atoms with van der Waals surface area (Å²) in [7, 11) is -3.18. The lowest BCUT2D eigenvalue weighted by atomic mass is 9.98. The Hall–Kier alpha value is -2.70. The highest BCUT2D eigenvalue weighted by molar-refractivity contribution is 7.88. The number of aryl methyl sites for hydroxylation is 2. The minimum Gasteiger partial charge on any atom is -0.355 e. The SMILES string of the molecule is Cc1cccc(-c2cc(Nc3cccc4c3CCN(S(C)(=O)=O)C4)ccc2C)n1. The molecule has 1 aliphatic rings. The lowest BCUT2D eigenvalue weighted by Crippen LogP contribution is -2.35. The molecule has 1 N–H and O–H groups in total. The van der Waals surface area contributed by atoms with E-state index in [1.165, 1.54) is 21.7 Å². The van der Waals surface area contributed by atoms with Gasteiger partial charge in [0.15, 0.2) is 0 Å². The Morgan fingerprint density at radius 1 is 1.03 bits per heavy atom. The van der Waals surface area contributed by atoms with Crippen LogP contribution in [0.1, 0.15) is 22.4 Å². The van der Waals surface area contributed by atoms with Crippen molar-refractivity contribution < 1.29 is 8.42 Å². The average molecular weight is 408 g/mol. The summed E-state index contributed by atoms with van der Waals surface area (Å²) in [4.78, 5) is 4.66. The summed E-state index contributed by atoms with van der Waals surface area (Å²) >= 11 is 0. The number of rotatable bonds is 4. The molecule has 0 aliphatic carbocycles. The number of pyridine rings is 1. The smallest absolute Gasteiger partial charge is 0.211 e. The van der Waals surface area contributed by atoms with Gasteiger partial charge < -0.3 is 5.32 Å². The van der Waals surface area contributed by atoms with Gasteiger partial charge >= 0.3 is 0 Å². The number of sulfonamides is 1. The molecule has 5 nitrogen and oxygen atoms in total. The van der Waals surface area contributed by atoms with E-state index in [-0.39, 0.29) is 0 Å². The van der Waals surface area contributed by atoms with Crippen molar-refractivity contribution in [2.75, 3.05) is 18.1 Å². The second-order valence-corrected chi connectivity index (χ2v) is 9.59. The summed E-state index contributed by atoms with van der Waals surface area (Å²) in [6.07, 6.45) is 1.97. The number of fused-ring (bicyclic) bond motifs is 1. The fourth-order valence-electron chi connectivity index (χ4n) is 3.81. The van der Waals surface area contributed by atoms with Crippen molar-refractivity contribution in [2.24, 2.45) is 0 Å². The first kappa shape index (κ1) is 19.6. The van der Waals surface area contributed by atoms with Gasteiger partial charge in [0.2, 0.25) is 10.0 Å². The molecule has 0 amide bonds. The van der Waals surface area contributed by atoms with E-state index in [1.54, 1.807) is 0 Å². The van der Waals surface area contributed by atoms with Gasteiger partial charge in [0.25, 0.3) is 0 Å². The molecule has 2 heterocycles. The van der Waals surface area contributed by atoms with E-state index in [1.807, 2.05) is 37.3 Å². The van der Waals surface area contributed by atoms with Crippen LogP contribution < -0.4 is 5.32 Å². The van der Waals surface area contributed by atoms with Gasteiger partial charge in [-0.15, -0.1) is 0 Å². The lowest BCUT2D eigenvalue weighted by Gasteiger charge is -2.28. The summed E-state index contributed by atoms with van der Waals surface area (Å²) in [5, 5.41) is 3.54. The molecule has 0 saturated heterocycles. The van der Waals surface area contributed by atoms with Crippen LogP contribution in [0.15, 0.2) is 54.6 Å². The molecule has 0 fully saturated rings. The first-order chi connectivity index (χ1) is 13.8. The van der Waals surface area contributed by atoms with Gasteiger partial charge in [-0.1, -0.05) is 24.3 Å². The van der Waals surface area contributed by atoms with Crippen LogP contribution in [0.25, 0.3) is 11.3 Å². The standard InChI is InChI=1S/C23H25N3O2S/c1-16-10-11-19(14-21(16)23-8-4-6-17(2)24-23)25-22-9-5-7-18-15-26(29(3,27)28)13-12-20(18)22/h4-11,14,25H,12-13,15H2,1-3H3. The molecular formula is C23H25N3O2S. The molecule has 1 aliphatic heterocycles. The number of anilines is 2. The molecule has 1 aromatic heterocycles. The van der Waals surface area contributed by atoms with Crippen molar-refractivity contribution >= 4 is 21.4 Å². The Morgan fingerprint density at radius 2 is 1.83 bits per heavy atom. The van der Waals surface area contributed by atoms with Gasteiger partial charge in [0.1, 0.15) is 0 Å². The van der Waals surface area contributed by atoms with Crippen LogP contribution in [0, 0.1) is 13.8 Å². The Morgan fingerprint density at radius 3 is 2.59 bits per heavy atom. The van der Waals surface area contributed by atoms with E-state index in [4.69, 9.17) is 0 Å². The van der Waals surface area contributed by atoms with Crippen LogP contribution in [-0.2, 0) is 23.0 Å². The zero-order chi connectivity index (χ0) is 20.6. The molecule has 0 bridgehead atoms. The molecule has 0 radical (unpaired) electrons. The molecular weight excluding hydrogens is 382 g/mol. The van der Waals surface area contributed by atoms with Gasteiger partial charge in [-0.25, -0.2) is 8.42 Å². The van der Waals surface area contributed by atoms with Gasteiger partial charge in [-0.05, 0) is 67.3 Å². The summed E-state index contributed by atoms with van der Waals surface area (Å²) in [6.45, 7) is 5.02. The van der Waals surface area contributed by atoms with Crippen molar-refractivity contribution in [3.05, 3.63) is 77.0 Å². The molecule has 0 unspecified atom stereocenters. The Balaban J connectivity index is 1.65. The zero-order valence-electron chi connectivity index (χ0n) is 16.9. The van der Waals surface area contributed by atoms with E-state index < -0.39 is 10.0 Å². The number of hydrogen-bond donors (Lipinski definition) is 1. The van der Waals surface area contributed by atoms with E-state index in [2.05, 4.69) is 41.5 Å². The van der Waals surface area contributed by atoms with Crippen molar-refractivity contribution in [3.63, 3.8) is 0 Å². The fourth-order valence-corrected chi connectivity index (χ4v) is 4.60. The number of hydrogen-bond acceptors (Lipinski definition) is 4. The van der Waals surface area contributed by atoms with Crippen LogP contribution in [0.5, 0.6) is 0 Å². The van der Waals surface area contributed by atoms with Crippen molar-refractivity contribution in [3.8, 4) is 11.3 Å². The Labute approximate surface area is 172 Å². The third-order valence-corrected chi connectivity index (χ3v) is 6.63. The fraction of sp³-hybridized carbons (Fsp3) is 0.261. The molecule has 0 spiro atoms. The number of aromatic nitrogens is 1. The summed E-state index contributed by atoms with van der Waals surface area (Å²) < 4.78 is 25.3. The molecule has 2 aromatic carbocycles.